The van der Waals surface area contributed by atoms with Crippen molar-refractivity contribution < 1.29 is 8.42 Å². The van der Waals surface area contributed by atoms with Crippen LogP contribution < -0.4 is 5.32 Å². The predicted molar refractivity (Wildman–Crippen MR) is 83.8 cm³/mol. The third-order valence-corrected chi connectivity index (χ3v) is 5.76. The van der Waals surface area contributed by atoms with Gasteiger partial charge in [0.15, 0.2) is 9.84 Å². The van der Waals surface area contributed by atoms with Gasteiger partial charge in [-0.3, -0.25) is 0 Å². The summed E-state index contributed by atoms with van der Waals surface area (Å²) in [5.41, 5.74) is 2.69. The van der Waals surface area contributed by atoms with E-state index in [2.05, 4.69) is 57.3 Å². The van der Waals surface area contributed by atoms with Crippen molar-refractivity contribution in [3.63, 3.8) is 0 Å². The molecule has 1 aliphatic heterocycles. The van der Waals surface area contributed by atoms with Gasteiger partial charge in [-0.05, 0) is 29.9 Å². The Morgan fingerprint density at radius 2 is 1.80 bits per heavy atom. The number of sulfone groups is 1. The monoisotopic (exact) mass is 295 g/mol. The Morgan fingerprint density at radius 1 is 1.20 bits per heavy atom. The highest BCUT2D eigenvalue weighted by molar-refractivity contribution is 7.91. The minimum atomic E-state index is -2.81. The van der Waals surface area contributed by atoms with Crippen molar-refractivity contribution in [2.45, 2.75) is 51.6 Å². The van der Waals surface area contributed by atoms with Gasteiger partial charge in [-0.25, -0.2) is 8.42 Å². The lowest BCUT2D eigenvalue weighted by atomic mass is 9.86. The van der Waals surface area contributed by atoms with Gasteiger partial charge in [0.05, 0.1) is 11.5 Å². The first-order valence-corrected chi connectivity index (χ1v) is 9.06. The zero-order valence-electron chi connectivity index (χ0n) is 12.8. The fraction of sp³-hybridized carbons (Fsp3) is 0.625. The summed E-state index contributed by atoms with van der Waals surface area (Å²) in [7, 11) is -2.81. The van der Waals surface area contributed by atoms with E-state index < -0.39 is 9.84 Å². The van der Waals surface area contributed by atoms with Crippen LogP contribution in [0.5, 0.6) is 0 Å². The molecule has 2 rings (SSSR count). The molecule has 0 bridgehead atoms. The largest absolute Gasteiger partial charge is 0.306 e. The molecule has 0 aromatic heterocycles. The average molecular weight is 295 g/mol. The summed E-state index contributed by atoms with van der Waals surface area (Å²) in [5, 5.41) is 3.43. The SMILES string of the molecule is C[C@H](N[C@H]1CCS(=O)(=O)C1)c1ccc(C(C)(C)C)cc1. The van der Waals surface area contributed by atoms with Gasteiger partial charge < -0.3 is 5.32 Å². The lowest BCUT2D eigenvalue weighted by Crippen LogP contribution is -2.32. The predicted octanol–water partition coefficient (Wildman–Crippen LogP) is 2.82. The van der Waals surface area contributed by atoms with Crippen molar-refractivity contribution in [2.75, 3.05) is 11.5 Å². The molecule has 0 unspecified atom stereocenters. The second kappa shape index (κ2) is 5.49. The molecule has 112 valence electrons. The summed E-state index contributed by atoms with van der Waals surface area (Å²) in [4.78, 5) is 0. The molecule has 0 saturated carbocycles. The highest BCUT2D eigenvalue weighted by atomic mass is 32.2. The molecule has 0 amide bonds. The zero-order valence-corrected chi connectivity index (χ0v) is 13.6. The third-order valence-electron chi connectivity index (χ3n) is 3.99. The fourth-order valence-electron chi connectivity index (χ4n) is 2.65. The van der Waals surface area contributed by atoms with E-state index in [-0.39, 0.29) is 23.3 Å². The molecular weight excluding hydrogens is 270 g/mol. The Morgan fingerprint density at radius 3 is 2.25 bits per heavy atom. The van der Waals surface area contributed by atoms with Gasteiger partial charge in [-0.1, -0.05) is 45.0 Å². The van der Waals surface area contributed by atoms with Gasteiger partial charge in [0.2, 0.25) is 0 Å². The standard InChI is InChI=1S/C16H25NO2S/c1-12(17-15-9-10-20(18,19)11-15)13-5-7-14(8-6-13)16(2,3)4/h5-8,12,15,17H,9-11H2,1-4H3/t12-,15-/m0/s1. The Bertz CT molecular complexity index is 555. The number of rotatable bonds is 3. The van der Waals surface area contributed by atoms with Gasteiger partial charge in [0, 0.05) is 12.1 Å². The molecule has 1 aromatic rings. The van der Waals surface area contributed by atoms with E-state index in [1.807, 2.05) is 0 Å². The van der Waals surface area contributed by atoms with Crippen LogP contribution in [0.1, 0.15) is 51.3 Å². The molecule has 20 heavy (non-hydrogen) atoms. The van der Waals surface area contributed by atoms with Crippen LogP contribution in [0.2, 0.25) is 0 Å². The van der Waals surface area contributed by atoms with E-state index in [9.17, 15) is 8.42 Å². The summed E-state index contributed by atoms with van der Waals surface area (Å²) in [6.45, 7) is 8.70. The molecular formula is C16H25NO2S. The highest BCUT2D eigenvalue weighted by Gasteiger charge is 2.28. The van der Waals surface area contributed by atoms with Crippen LogP contribution in [0.3, 0.4) is 0 Å². The highest BCUT2D eigenvalue weighted by Crippen LogP contribution is 2.24. The molecule has 1 aliphatic rings. The quantitative estimate of drug-likeness (QED) is 0.932. The van der Waals surface area contributed by atoms with Crippen molar-refractivity contribution in [3.8, 4) is 0 Å². The van der Waals surface area contributed by atoms with Crippen LogP contribution in [-0.2, 0) is 15.3 Å². The molecule has 1 heterocycles. The first-order chi connectivity index (χ1) is 9.17. The van der Waals surface area contributed by atoms with Crippen molar-refractivity contribution in [1.82, 2.24) is 5.32 Å². The van der Waals surface area contributed by atoms with Gasteiger partial charge in [0.1, 0.15) is 0 Å². The summed E-state index contributed by atoms with van der Waals surface area (Å²) in [6.07, 6.45) is 0.729. The van der Waals surface area contributed by atoms with Crippen LogP contribution in [0.15, 0.2) is 24.3 Å². The Kier molecular flexibility index (Phi) is 4.26. The van der Waals surface area contributed by atoms with Crippen molar-refractivity contribution >= 4 is 9.84 Å². The smallest absolute Gasteiger partial charge is 0.151 e. The molecule has 1 N–H and O–H groups in total. The lowest BCUT2D eigenvalue weighted by molar-refractivity contribution is 0.484. The second-order valence-electron chi connectivity index (χ2n) is 6.86. The molecule has 1 aromatic carbocycles. The van der Waals surface area contributed by atoms with E-state index >= 15 is 0 Å². The van der Waals surface area contributed by atoms with Gasteiger partial charge in [0.25, 0.3) is 0 Å². The number of benzene rings is 1. The summed E-state index contributed by atoms with van der Waals surface area (Å²) in [5.74, 6) is 0.595. The topological polar surface area (TPSA) is 46.2 Å². The molecule has 1 saturated heterocycles. The maximum Gasteiger partial charge on any atom is 0.151 e. The van der Waals surface area contributed by atoms with Crippen LogP contribution in [0.25, 0.3) is 0 Å². The van der Waals surface area contributed by atoms with Gasteiger partial charge >= 0.3 is 0 Å². The molecule has 0 spiro atoms. The molecule has 2 atom stereocenters. The number of hydrogen-bond acceptors (Lipinski definition) is 3. The fourth-order valence-corrected chi connectivity index (χ4v) is 4.33. The molecule has 4 heteroatoms. The van der Waals surface area contributed by atoms with Crippen molar-refractivity contribution in [1.29, 1.82) is 0 Å². The van der Waals surface area contributed by atoms with Crippen LogP contribution in [-0.4, -0.2) is 26.0 Å². The lowest BCUT2D eigenvalue weighted by Gasteiger charge is -2.22. The van der Waals surface area contributed by atoms with Crippen LogP contribution in [0, 0.1) is 0 Å². The van der Waals surface area contributed by atoms with E-state index in [1.54, 1.807) is 0 Å². The Labute approximate surface area is 122 Å². The summed E-state index contributed by atoms with van der Waals surface area (Å²) < 4.78 is 22.9. The molecule has 0 aliphatic carbocycles. The second-order valence-corrected chi connectivity index (χ2v) is 9.09. The van der Waals surface area contributed by atoms with Crippen molar-refractivity contribution in [3.05, 3.63) is 35.4 Å². The van der Waals surface area contributed by atoms with Crippen LogP contribution >= 0.6 is 0 Å². The first-order valence-electron chi connectivity index (χ1n) is 7.24. The first kappa shape index (κ1) is 15.5. The summed E-state index contributed by atoms with van der Waals surface area (Å²) >= 11 is 0. The van der Waals surface area contributed by atoms with Gasteiger partial charge in [-0.2, -0.15) is 0 Å². The average Bonchev–Trinajstić information content (AvgIpc) is 2.67. The van der Waals surface area contributed by atoms with E-state index in [1.165, 1.54) is 11.1 Å². The number of hydrogen-bond donors (Lipinski definition) is 1. The van der Waals surface area contributed by atoms with E-state index in [0.717, 1.165) is 6.42 Å². The normalized spacial score (nSPS) is 23.7. The van der Waals surface area contributed by atoms with E-state index in [4.69, 9.17) is 0 Å². The van der Waals surface area contributed by atoms with Crippen molar-refractivity contribution in [2.24, 2.45) is 0 Å². The van der Waals surface area contributed by atoms with E-state index in [0.29, 0.717) is 5.75 Å². The minimum Gasteiger partial charge on any atom is -0.306 e. The maximum atomic E-state index is 11.5. The minimum absolute atomic E-state index is 0.0947. The molecule has 0 radical (unpaired) electrons. The Hall–Kier alpha value is -0.870. The van der Waals surface area contributed by atoms with Crippen LogP contribution in [0.4, 0.5) is 0 Å². The zero-order chi connectivity index (χ0) is 15.0. The summed E-state index contributed by atoms with van der Waals surface area (Å²) in [6, 6.07) is 8.89. The van der Waals surface area contributed by atoms with Gasteiger partial charge in [-0.15, -0.1) is 0 Å². The maximum absolute atomic E-state index is 11.5. The molecule has 1 fully saturated rings. The molecule has 3 nitrogen and oxygen atoms in total. The number of nitrogens with one attached hydrogen (secondary N) is 1. The third kappa shape index (κ3) is 3.83. The Balaban J connectivity index is 2.01.